The van der Waals surface area contributed by atoms with Crippen LogP contribution in [0.15, 0.2) is 40.8 Å². The summed E-state index contributed by atoms with van der Waals surface area (Å²) in [6.45, 7) is 4.68. The van der Waals surface area contributed by atoms with Gasteiger partial charge in [0.05, 0.1) is 13.7 Å². The lowest BCUT2D eigenvalue weighted by Crippen LogP contribution is -2.23. The van der Waals surface area contributed by atoms with Gasteiger partial charge in [-0.25, -0.2) is 0 Å². The van der Waals surface area contributed by atoms with Crippen molar-refractivity contribution in [1.82, 2.24) is 15.5 Å². The summed E-state index contributed by atoms with van der Waals surface area (Å²) in [5, 5.41) is 9.70. The van der Waals surface area contributed by atoms with Crippen LogP contribution in [0.5, 0.6) is 11.5 Å². The Hall–Kier alpha value is -3.22. The molecule has 136 valence electrons. The average molecular weight is 355 g/mol. The predicted molar refractivity (Wildman–Crippen MR) is 96.4 cm³/mol. The first-order valence-corrected chi connectivity index (χ1v) is 8.31. The van der Waals surface area contributed by atoms with E-state index in [9.17, 15) is 4.79 Å². The van der Waals surface area contributed by atoms with E-state index in [-0.39, 0.29) is 5.91 Å². The summed E-state index contributed by atoms with van der Waals surface area (Å²) in [5.74, 6) is 2.48. The van der Waals surface area contributed by atoms with Crippen LogP contribution >= 0.6 is 0 Å². The largest absolute Gasteiger partial charge is 0.493 e. The predicted octanol–water partition coefficient (Wildman–Crippen LogP) is 3.32. The van der Waals surface area contributed by atoms with Crippen molar-refractivity contribution in [2.75, 3.05) is 13.7 Å². The third kappa shape index (κ3) is 3.88. The molecule has 3 rings (SSSR count). The van der Waals surface area contributed by atoms with Crippen molar-refractivity contribution in [3.05, 3.63) is 53.4 Å². The highest BCUT2D eigenvalue weighted by molar-refractivity contribution is 5.93. The second-order valence-electron chi connectivity index (χ2n) is 5.68. The highest BCUT2D eigenvalue weighted by Gasteiger charge is 2.13. The highest BCUT2D eigenvalue weighted by atomic mass is 16.5. The average Bonchev–Trinajstić information content (AvgIpc) is 3.29. The quantitative estimate of drug-likeness (QED) is 0.679. The van der Waals surface area contributed by atoms with Gasteiger partial charge in [0.25, 0.3) is 5.91 Å². The van der Waals surface area contributed by atoms with Crippen LogP contribution in [0.3, 0.4) is 0 Å². The van der Waals surface area contributed by atoms with Gasteiger partial charge in [-0.05, 0) is 43.7 Å². The summed E-state index contributed by atoms with van der Waals surface area (Å²) >= 11 is 0. The van der Waals surface area contributed by atoms with Gasteiger partial charge < -0.3 is 19.2 Å². The minimum atomic E-state index is -0.274. The van der Waals surface area contributed by atoms with E-state index in [1.165, 1.54) is 0 Å². The van der Waals surface area contributed by atoms with Crippen molar-refractivity contribution >= 4 is 5.91 Å². The molecule has 0 radical (unpaired) electrons. The molecule has 26 heavy (non-hydrogen) atoms. The maximum atomic E-state index is 12.3. The maximum Gasteiger partial charge on any atom is 0.272 e. The Labute approximate surface area is 151 Å². The van der Waals surface area contributed by atoms with Crippen LogP contribution in [-0.2, 0) is 6.54 Å². The summed E-state index contributed by atoms with van der Waals surface area (Å²) < 4.78 is 16.3. The molecule has 2 aromatic heterocycles. The molecule has 0 spiro atoms. The summed E-state index contributed by atoms with van der Waals surface area (Å²) in [5.41, 5.74) is 1.86. The number of ether oxygens (including phenoxy) is 2. The molecule has 0 fully saturated rings. The lowest BCUT2D eigenvalue weighted by Gasteiger charge is -2.11. The third-order valence-electron chi connectivity index (χ3n) is 3.80. The second kappa shape index (κ2) is 7.77. The molecule has 0 bridgehead atoms. The van der Waals surface area contributed by atoms with Gasteiger partial charge in [0.15, 0.2) is 23.0 Å². The number of amides is 1. The molecule has 7 nitrogen and oxygen atoms in total. The highest BCUT2D eigenvalue weighted by Crippen LogP contribution is 2.28. The van der Waals surface area contributed by atoms with Gasteiger partial charge in [-0.1, -0.05) is 6.07 Å². The van der Waals surface area contributed by atoms with Crippen molar-refractivity contribution in [2.24, 2.45) is 0 Å². The van der Waals surface area contributed by atoms with Crippen LogP contribution in [0, 0.1) is 6.92 Å². The zero-order valence-corrected chi connectivity index (χ0v) is 15.0. The molecule has 0 aliphatic heterocycles. The number of carbonyl (C=O) groups is 1. The number of nitrogens with one attached hydrogen (secondary N) is 2. The minimum absolute atomic E-state index is 0.274. The number of H-pyrrole nitrogens is 1. The van der Waals surface area contributed by atoms with E-state index in [0.29, 0.717) is 41.8 Å². The molecule has 0 aliphatic carbocycles. The molecular formula is C19H21N3O4. The Balaban J connectivity index is 1.65. The monoisotopic (exact) mass is 355 g/mol. The molecule has 2 heterocycles. The summed E-state index contributed by atoms with van der Waals surface area (Å²) in [6.07, 6.45) is 0. The van der Waals surface area contributed by atoms with E-state index in [0.717, 1.165) is 11.3 Å². The van der Waals surface area contributed by atoms with E-state index >= 15 is 0 Å². The molecule has 0 aliphatic rings. The summed E-state index contributed by atoms with van der Waals surface area (Å²) in [4.78, 5) is 12.3. The Bertz CT molecular complexity index is 898. The second-order valence-corrected chi connectivity index (χ2v) is 5.68. The number of furan rings is 1. The number of rotatable bonds is 7. The van der Waals surface area contributed by atoms with E-state index in [1.807, 2.05) is 44.2 Å². The van der Waals surface area contributed by atoms with E-state index in [4.69, 9.17) is 13.9 Å². The molecule has 3 aromatic rings. The molecule has 0 unspecified atom stereocenters. The Kier molecular flexibility index (Phi) is 5.26. The summed E-state index contributed by atoms with van der Waals surface area (Å²) in [7, 11) is 1.59. The first kappa shape index (κ1) is 17.6. The number of benzene rings is 1. The Morgan fingerprint density at radius 2 is 2.08 bits per heavy atom. The van der Waals surface area contributed by atoms with E-state index in [1.54, 1.807) is 13.2 Å². The number of hydrogen-bond acceptors (Lipinski definition) is 5. The van der Waals surface area contributed by atoms with Gasteiger partial charge >= 0.3 is 0 Å². The van der Waals surface area contributed by atoms with Crippen LogP contribution in [-0.4, -0.2) is 29.8 Å². The van der Waals surface area contributed by atoms with Crippen LogP contribution in [0.1, 0.15) is 28.7 Å². The molecule has 0 saturated heterocycles. The molecule has 0 saturated carbocycles. The lowest BCUT2D eigenvalue weighted by molar-refractivity contribution is 0.0946. The van der Waals surface area contributed by atoms with Crippen LogP contribution in [0.4, 0.5) is 0 Å². The fourth-order valence-corrected chi connectivity index (χ4v) is 2.51. The number of aromatic amines is 1. The van der Waals surface area contributed by atoms with Gasteiger partial charge in [-0.3, -0.25) is 9.89 Å². The first-order chi connectivity index (χ1) is 12.6. The number of aryl methyl sites for hydroxylation is 1. The van der Waals surface area contributed by atoms with Crippen LogP contribution in [0.25, 0.3) is 11.5 Å². The van der Waals surface area contributed by atoms with Crippen molar-refractivity contribution in [1.29, 1.82) is 0 Å². The molecular weight excluding hydrogens is 334 g/mol. The van der Waals surface area contributed by atoms with Crippen molar-refractivity contribution in [2.45, 2.75) is 20.4 Å². The fraction of sp³-hybridized carbons (Fsp3) is 0.263. The van der Waals surface area contributed by atoms with Gasteiger partial charge in [0.1, 0.15) is 11.5 Å². The first-order valence-electron chi connectivity index (χ1n) is 8.31. The molecule has 1 aromatic carbocycles. The van der Waals surface area contributed by atoms with Crippen molar-refractivity contribution in [3.63, 3.8) is 0 Å². The molecule has 7 heteroatoms. The normalized spacial score (nSPS) is 10.6. The van der Waals surface area contributed by atoms with Gasteiger partial charge in [-0.2, -0.15) is 5.10 Å². The van der Waals surface area contributed by atoms with Gasteiger partial charge in [-0.15, -0.1) is 0 Å². The minimum Gasteiger partial charge on any atom is -0.493 e. The smallest absolute Gasteiger partial charge is 0.272 e. The Morgan fingerprint density at radius 3 is 2.77 bits per heavy atom. The number of carbonyl (C=O) groups excluding carboxylic acids is 1. The fourth-order valence-electron chi connectivity index (χ4n) is 2.51. The van der Waals surface area contributed by atoms with Gasteiger partial charge in [0, 0.05) is 12.6 Å². The molecule has 1 amide bonds. The number of methoxy groups -OCH3 is 1. The van der Waals surface area contributed by atoms with Crippen molar-refractivity contribution in [3.8, 4) is 23.0 Å². The standard InChI is InChI=1S/C19H21N3O4/c1-4-25-17-8-6-13(9-18(17)24-3)11-20-19(23)15-10-14(21-22-15)16-7-5-12(2)26-16/h5-10H,4,11H2,1-3H3,(H,20,23)(H,21,22). The zero-order chi connectivity index (χ0) is 18.5. The van der Waals surface area contributed by atoms with E-state index in [2.05, 4.69) is 15.5 Å². The maximum absolute atomic E-state index is 12.3. The van der Waals surface area contributed by atoms with Gasteiger partial charge in [0.2, 0.25) is 0 Å². The Morgan fingerprint density at radius 1 is 1.23 bits per heavy atom. The molecule has 2 N–H and O–H groups in total. The number of hydrogen-bond donors (Lipinski definition) is 2. The van der Waals surface area contributed by atoms with Crippen LogP contribution in [0.2, 0.25) is 0 Å². The zero-order valence-electron chi connectivity index (χ0n) is 15.0. The molecule has 0 atom stereocenters. The summed E-state index contributed by atoms with van der Waals surface area (Å²) in [6, 6.07) is 10.9. The van der Waals surface area contributed by atoms with Crippen molar-refractivity contribution < 1.29 is 18.7 Å². The van der Waals surface area contributed by atoms with Crippen LogP contribution < -0.4 is 14.8 Å². The lowest BCUT2D eigenvalue weighted by atomic mass is 10.2. The third-order valence-corrected chi connectivity index (χ3v) is 3.80. The topological polar surface area (TPSA) is 89.4 Å². The number of nitrogens with zero attached hydrogens (tertiary/aromatic N) is 1. The number of aromatic nitrogens is 2. The SMILES string of the molecule is CCOc1ccc(CNC(=O)c2cc(-c3ccc(C)o3)[nH]n2)cc1OC. The van der Waals surface area contributed by atoms with E-state index < -0.39 is 0 Å².